The summed E-state index contributed by atoms with van der Waals surface area (Å²) in [7, 11) is 2.19. The van der Waals surface area contributed by atoms with Gasteiger partial charge in [-0.25, -0.2) is 4.79 Å². The number of aromatic nitrogens is 2. The Kier molecular flexibility index (Phi) is 5.63. The molecule has 7 nitrogen and oxygen atoms in total. The van der Waals surface area contributed by atoms with Crippen molar-refractivity contribution >= 4 is 6.03 Å². The molecule has 0 aromatic carbocycles. The number of piperidine rings is 1. The molecule has 132 valence electrons. The smallest absolute Gasteiger partial charge is 0.317 e. The molecule has 0 atom stereocenters. The summed E-state index contributed by atoms with van der Waals surface area (Å²) >= 11 is 0. The lowest BCUT2D eigenvalue weighted by Gasteiger charge is -2.42. The number of carbonyl (C=O) groups is 1. The first-order valence-corrected chi connectivity index (χ1v) is 8.85. The molecule has 3 rings (SSSR count). The van der Waals surface area contributed by atoms with Gasteiger partial charge in [-0.2, -0.15) is 0 Å². The van der Waals surface area contributed by atoms with Gasteiger partial charge in [0, 0.05) is 38.4 Å². The quantitative estimate of drug-likeness (QED) is 0.883. The number of piperazine rings is 1. The van der Waals surface area contributed by atoms with Crippen LogP contribution in [0.1, 0.15) is 24.2 Å². The van der Waals surface area contributed by atoms with Gasteiger partial charge < -0.3 is 15.1 Å². The Labute approximate surface area is 144 Å². The summed E-state index contributed by atoms with van der Waals surface area (Å²) in [5.41, 5.74) is 1.68. The first-order valence-electron chi connectivity index (χ1n) is 8.85. The van der Waals surface area contributed by atoms with E-state index in [0.29, 0.717) is 12.6 Å². The fourth-order valence-electron chi connectivity index (χ4n) is 3.44. The standard InChI is InChI=1S/C17H28N6O/c1-14-11-19-15(12-18-14)13-20-17(24)23-9-7-22(8-10-23)16-3-5-21(2)6-4-16/h11-12,16H,3-10,13H2,1-2H3,(H,20,24). The van der Waals surface area contributed by atoms with Crippen LogP contribution in [-0.4, -0.2) is 83.1 Å². The molecule has 2 aliphatic rings. The third kappa shape index (κ3) is 4.42. The van der Waals surface area contributed by atoms with Gasteiger partial charge in [0.25, 0.3) is 0 Å². The number of rotatable bonds is 3. The summed E-state index contributed by atoms with van der Waals surface area (Å²) < 4.78 is 0. The lowest BCUT2D eigenvalue weighted by molar-refractivity contribution is 0.0748. The Hall–Kier alpha value is -1.73. The first-order chi connectivity index (χ1) is 11.6. The van der Waals surface area contributed by atoms with E-state index < -0.39 is 0 Å². The fourth-order valence-corrected chi connectivity index (χ4v) is 3.44. The molecular weight excluding hydrogens is 304 g/mol. The van der Waals surface area contributed by atoms with Crippen LogP contribution in [0.2, 0.25) is 0 Å². The van der Waals surface area contributed by atoms with Crippen LogP contribution in [0.15, 0.2) is 12.4 Å². The second kappa shape index (κ2) is 7.90. The Morgan fingerprint density at radius 1 is 1.12 bits per heavy atom. The van der Waals surface area contributed by atoms with Gasteiger partial charge in [-0.1, -0.05) is 0 Å². The number of carbonyl (C=O) groups excluding carboxylic acids is 1. The number of nitrogens with zero attached hydrogens (tertiary/aromatic N) is 5. The lowest BCUT2D eigenvalue weighted by atomic mass is 10.0. The molecule has 0 bridgehead atoms. The number of nitrogens with one attached hydrogen (secondary N) is 1. The van der Waals surface area contributed by atoms with Crippen LogP contribution in [0.5, 0.6) is 0 Å². The van der Waals surface area contributed by atoms with Crippen LogP contribution in [0.4, 0.5) is 4.79 Å². The van der Waals surface area contributed by atoms with E-state index in [1.165, 1.54) is 25.9 Å². The van der Waals surface area contributed by atoms with Crippen LogP contribution in [0, 0.1) is 6.92 Å². The molecule has 0 spiro atoms. The summed E-state index contributed by atoms with van der Waals surface area (Å²) in [5.74, 6) is 0. The predicted molar refractivity (Wildman–Crippen MR) is 92.7 cm³/mol. The molecule has 2 fully saturated rings. The number of aryl methyl sites for hydroxylation is 1. The van der Waals surface area contributed by atoms with Gasteiger partial charge >= 0.3 is 6.03 Å². The van der Waals surface area contributed by atoms with E-state index in [-0.39, 0.29) is 6.03 Å². The predicted octanol–water partition coefficient (Wildman–Crippen LogP) is 0.706. The largest absolute Gasteiger partial charge is 0.332 e. The average molecular weight is 332 g/mol. The molecule has 3 heterocycles. The van der Waals surface area contributed by atoms with Gasteiger partial charge in [-0.15, -0.1) is 0 Å². The van der Waals surface area contributed by atoms with Crippen LogP contribution in [0.3, 0.4) is 0 Å². The third-order valence-corrected chi connectivity index (χ3v) is 5.06. The van der Waals surface area contributed by atoms with E-state index in [2.05, 4.69) is 32.1 Å². The van der Waals surface area contributed by atoms with E-state index >= 15 is 0 Å². The Bertz CT molecular complexity index is 533. The van der Waals surface area contributed by atoms with E-state index in [0.717, 1.165) is 37.6 Å². The second-order valence-electron chi connectivity index (χ2n) is 6.87. The van der Waals surface area contributed by atoms with Crippen molar-refractivity contribution in [2.24, 2.45) is 0 Å². The van der Waals surface area contributed by atoms with E-state index in [4.69, 9.17) is 0 Å². The summed E-state index contributed by atoms with van der Waals surface area (Å²) in [4.78, 5) is 27.6. The van der Waals surface area contributed by atoms with Gasteiger partial charge in [0.1, 0.15) is 0 Å². The Balaban J connectivity index is 1.41. The minimum atomic E-state index is 0.000373. The fraction of sp³-hybridized carbons (Fsp3) is 0.706. The zero-order chi connectivity index (χ0) is 16.9. The van der Waals surface area contributed by atoms with Crippen molar-refractivity contribution in [3.8, 4) is 0 Å². The molecule has 7 heteroatoms. The lowest BCUT2D eigenvalue weighted by Crippen LogP contribution is -2.55. The molecule has 0 unspecified atom stereocenters. The van der Waals surface area contributed by atoms with Crippen molar-refractivity contribution in [1.29, 1.82) is 0 Å². The molecule has 2 amide bonds. The highest BCUT2D eigenvalue weighted by Crippen LogP contribution is 2.17. The monoisotopic (exact) mass is 332 g/mol. The molecule has 1 N–H and O–H groups in total. The summed E-state index contributed by atoms with van der Waals surface area (Å²) in [6, 6.07) is 0.689. The normalized spacial score (nSPS) is 21.0. The van der Waals surface area contributed by atoms with Crippen molar-refractivity contribution in [2.75, 3.05) is 46.3 Å². The molecule has 2 aliphatic heterocycles. The van der Waals surface area contributed by atoms with Crippen LogP contribution < -0.4 is 5.32 Å². The summed E-state index contributed by atoms with van der Waals surface area (Å²) in [5, 5.41) is 2.95. The average Bonchev–Trinajstić information content (AvgIpc) is 2.62. The Morgan fingerprint density at radius 3 is 2.46 bits per heavy atom. The molecule has 0 radical (unpaired) electrons. The number of hydrogen-bond donors (Lipinski definition) is 1. The van der Waals surface area contributed by atoms with Crippen molar-refractivity contribution in [3.63, 3.8) is 0 Å². The maximum atomic E-state index is 12.3. The first kappa shape index (κ1) is 17.1. The zero-order valence-corrected chi connectivity index (χ0v) is 14.7. The highest BCUT2D eigenvalue weighted by atomic mass is 16.2. The minimum absolute atomic E-state index is 0.000373. The number of hydrogen-bond acceptors (Lipinski definition) is 5. The van der Waals surface area contributed by atoms with Gasteiger partial charge in [-0.05, 0) is 39.9 Å². The topological polar surface area (TPSA) is 64.6 Å². The van der Waals surface area contributed by atoms with Crippen LogP contribution in [0.25, 0.3) is 0 Å². The van der Waals surface area contributed by atoms with E-state index in [1.54, 1.807) is 12.4 Å². The maximum Gasteiger partial charge on any atom is 0.317 e. The summed E-state index contributed by atoms with van der Waals surface area (Å²) in [6.45, 7) is 8.26. The zero-order valence-electron chi connectivity index (χ0n) is 14.7. The molecule has 0 saturated carbocycles. The highest BCUT2D eigenvalue weighted by Gasteiger charge is 2.27. The van der Waals surface area contributed by atoms with Crippen molar-refractivity contribution < 1.29 is 4.79 Å². The number of likely N-dealkylation sites (tertiary alicyclic amines) is 1. The van der Waals surface area contributed by atoms with Gasteiger partial charge in [-0.3, -0.25) is 14.9 Å². The van der Waals surface area contributed by atoms with E-state index in [9.17, 15) is 4.79 Å². The maximum absolute atomic E-state index is 12.3. The van der Waals surface area contributed by atoms with Crippen molar-refractivity contribution in [3.05, 3.63) is 23.8 Å². The molecule has 0 aliphatic carbocycles. The SMILES string of the molecule is Cc1cnc(CNC(=O)N2CCN(C3CCN(C)CC3)CC2)cn1. The van der Waals surface area contributed by atoms with E-state index in [1.807, 2.05) is 11.8 Å². The van der Waals surface area contributed by atoms with Gasteiger partial charge in [0.15, 0.2) is 0 Å². The second-order valence-corrected chi connectivity index (χ2v) is 6.87. The minimum Gasteiger partial charge on any atom is -0.332 e. The molecular formula is C17H28N6O. The molecule has 1 aromatic rings. The number of urea groups is 1. The van der Waals surface area contributed by atoms with Gasteiger partial charge in [0.2, 0.25) is 0 Å². The molecule has 2 saturated heterocycles. The molecule has 1 aromatic heterocycles. The van der Waals surface area contributed by atoms with Crippen LogP contribution in [-0.2, 0) is 6.54 Å². The Morgan fingerprint density at radius 2 is 1.83 bits per heavy atom. The summed E-state index contributed by atoms with van der Waals surface area (Å²) in [6.07, 6.45) is 5.93. The molecule has 24 heavy (non-hydrogen) atoms. The number of amides is 2. The third-order valence-electron chi connectivity index (χ3n) is 5.06. The van der Waals surface area contributed by atoms with Crippen molar-refractivity contribution in [1.82, 2.24) is 30.0 Å². The highest BCUT2D eigenvalue weighted by molar-refractivity contribution is 5.74. The van der Waals surface area contributed by atoms with Crippen LogP contribution >= 0.6 is 0 Å². The van der Waals surface area contributed by atoms with Gasteiger partial charge in [0.05, 0.1) is 24.1 Å². The van der Waals surface area contributed by atoms with Crippen molar-refractivity contribution in [2.45, 2.75) is 32.4 Å².